The fourth-order valence-corrected chi connectivity index (χ4v) is 2.07. The average Bonchev–Trinajstić information content (AvgIpc) is 2.66. The third kappa shape index (κ3) is 2.03. The van der Waals surface area contributed by atoms with Crippen molar-refractivity contribution in [3.05, 3.63) is 48.0 Å². The van der Waals surface area contributed by atoms with Crippen LogP contribution in [0.4, 0.5) is 0 Å². The van der Waals surface area contributed by atoms with Gasteiger partial charge in [0, 0.05) is 6.54 Å². The maximum absolute atomic E-state index is 12.2. The number of rotatable bonds is 4. The first-order valence-corrected chi connectivity index (χ1v) is 5.99. The smallest absolute Gasteiger partial charge is 0.262 e. The molecule has 1 N–H and O–H groups in total. The predicted octanol–water partition coefficient (Wildman–Crippen LogP) is 0.973. The van der Waals surface area contributed by atoms with Gasteiger partial charge in [0.2, 0.25) is 5.91 Å². The fourth-order valence-electron chi connectivity index (χ4n) is 2.07. The lowest BCUT2D eigenvalue weighted by Crippen LogP contribution is -2.48. The van der Waals surface area contributed by atoms with E-state index in [1.165, 1.54) is 6.08 Å². The second-order valence-corrected chi connectivity index (χ2v) is 4.10. The van der Waals surface area contributed by atoms with Gasteiger partial charge < -0.3 is 5.32 Å². The molecule has 1 aliphatic heterocycles. The van der Waals surface area contributed by atoms with Crippen LogP contribution in [0.5, 0.6) is 0 Å². The number of benzene rings is 1. The number of hydrogen-bond acceptors (Lipinski definition) is 3. The van der Waals surface area contributed by atoms with Crippen LogP contribution in [0.25, 0.3) is 0 Å². The number of nitrogens with one attached hydrogen (secondary N) is 1. The predicted molar refractivity (Wildman–Crippen MR) is 69.6 cm³/mol. The Labute approximate surface area is 110 Å². The zero-order chi connectivity index (χ0) is 14.0. The van der Waals surface area contributed by atoms with Crippen molar-refractivity contribution in [3.63, 3.8) is 0 Å². The van der Waals surface area contributed by atoms with Crippen LogP contribution < -0.4 is 5.32 Å². The van der Waals surface area contributed by atoms with Gasteiger partial charge in [-0.25, -0.2) is 0 Å². The first kappa shape index (κ1) is 13.0. The van der Waals surface area contributed by atoms with E-state index in [0.29, 0.717) is 17.7 Å². The molecule has 0 aliphatic carbocycles. The Bertz CT molecular complexity index is 531. The minimum atomic E-state index is -0.979. The molecule has 0 fully saturated rings. The van der Waals surface area contributed by atoms with E-state index in [2.05, 4.69) is 11.9 Å². The Balaban J connectivity index is 2.37. The number of imide groups is 1. The Morgan fingerprint density at radius 2 is 1.84 bits per heavy atom. The second kappa shape index (κ2) is 5.06. The van der Waals surface area contributed by atoms with Crippen LogP contribution in [0.2, 0.25) is 0 Å². The molecule has 1 heterocycles. The lowest BCUT2D eigenvalue weighted by Gasteiger charge is -2.21. The van der Waals surface area contributed by atoms with Crippen molar-refractivity contribution in [2.45, 2.75) is 13.0 Å². The van der Waals surface area contributed by atoms with Crippen LogP contribution in [0.1, 0.15) is 27.6 Å². The normalized spacial score (nSPS) is 15.1. The van der Waals surface area contributed by atoms with Crippen LogP contribution in [-0.4, -0.2) is 35.2 Å². The molecule has 98 valence electrons. The lowest BCUT2D eigenvalue weighted by atomic mass is 10.1. The molecule has 1 unspecified atom stereocenters. The summed E-state index contributed by atoms with van der Waals surface area (Å²) in [5.41, 5.74) is 0.646. The van der Waals surface area contributed by atoms with Crippen LogP contribution in [0.15, 0.2) is 36.9 Å². The van der Waals surface area contributed by atoms with E-state index in [1.54, 1.807) is 31.2 Å². The molecule has 5 nitrogen and oxygen atoms in total. The maximum Gasteiger partial charge on any atom is 0.262 e. The van der Waals surface area contributed by atoms with Crippen LogP contribution in [-0.2, 0) is 4.79 Å². The molecule has 0 spiro atoms. The molecule has 0 saturated heterocycles. The summed E-state index contributed by atoms with van der Waals surface area (Å²) in [5.74, 6) is -1.33. The Morgan fingerprint density at radius 1 is 1.32 bits per heavy atom. The fraction of sp³-hybridized carbons (Fsp3) is 0.214. The quantitative estimate of drug-likeness (QED) is 0.646. The van der Waals surface area contributed by atoms with Crippen molar-refractivity contribution in [2.75, 3.05) is 6.54 Å². The van der Waals surface area contributed by atoms with Gasteiger partial charge in [0.1, 0.15) is 6.04 Å². The van der Waals surface area contributed by atoms with Gasteiger partial charge in [-0.2, -0.15) is 0 Å². The van der Waals surface area contributed by atoms with Gasteiger partial charge in [-0.3, -0.25) is 19.3 Å². The number of likely N-dealkylation sites (N-methyl/N-ethyl adjacent to an activating group) is 1. The molecular weight excluding hydrogens is 244 g/mol. The van der Waals surface area contributed by atoms with Gasteiger partial charge in [0.25, 0.3) is 11.8 Å². The molecule has 0 bridgehead atoms. The number of hydrogen-bond donors (Lipinski definition) is 1. The van der Waals surface area contributed by atoms with Gasteiger partial charge in [0.05, 0.1) is 11.1 Å². The number of carbonyl (C=O) groups excluding carboxylic acids is 3. The average molecular weight is 258 g/mol. The summed E-state index contributed by atoms with van der Waals surface area (Å²) in [7, 11) is 0. The van der Waals surface area contributed by atoms with Gasteiger partial charge in [-0.15, -0.1) is 6.58 Å². The Kier molecular flexibility index (Phi) is 3.46. The number of amides is 3. The van der Waals surface area contributed by atoms with E-state index in [9.17, 15) is 14.4 Å². The molecule has 0 aromatic heterocycles. The van der Waals surface area contributed by atoms with Crippen molar-refractivity contribution < 1.29 is 14.4 Å². The highest BCUT2D eigenvalue weighted by molar-refractivity contribution is 6.23. The third-order valence-electron chi connectivity index (χ3n) is 2.95. The monoisotopic (exact) mass is 258 g/mol. The van der Waals surface area contributed by atoms with Gasteiger partial charge in [-0.05, 0) is 19.1 Å². The van der Waals surface area contributed by atoms with Gasteiger partial charge in [0.15, 0.2) is 0 Å². The van der Waals surface area contributed by atoms with E-state index < -0.39 is 23.8 Å². The van der Waals surface area contributed by atoms with Gasteiger partial charge >= 0.3 is 0 Å². The zero-order valence-corrected chi connectivity index (χ0v) is 10.6. The van der Waals surface area contributed by atoms with Crippen LogP contribution in [0, 0.1) is 0 Å². The summed E-state index contributed by atoms with van der Waals surface area (Å²) in [4.78, 5) is 37.2. The molecule has 5 heteroatoms. The highest BCUT2D eigenvalue weighted by Gasteiger charge is 2.41. The molecule has 1 aliphatic rings. The van der Waals surface area contributed by atoms with E-state index in [1.807, 2.05) is 0 Å². The van der Waals surface area contributed by atoms with E-state index in [-0.39, 0.29) is 0 Å². The summed E-state index contributed by atoms with van der Waals surface area (Å²) in [6.45, 7) is 5.72. The molecule has 2 rings (SSSR count). The van der Waals surface area contributed by atoms with Crippen molar-refractivity contribution >= 4 is 17.7 Å². The molecule has 3 amide bonds. The zero-order valence-electron chi connectivity index (χ0n) is 10.6. The van der Waals surface area contributed by atoms with Crippen molar-refractivity contribution in [2.24, 2.45) is 0 Å². The highest BCUT2D eigenvalue weighted by Crippen LogP contribution is 2.24. The van der Waals surface area contributed by atoms with Gasteiger partial charge in [-0.1, -0.05) is 18.2 Å². The Hall–Kier alpha value is -2.43. The number of fused-ring (bicyclic) bond motifs is 1. The van der Waals surface area contributed by atoms with Crippen molar-refractivity contribution in [1.29, 1.82) is 0 Å². The minimum Gasteiger partial charge on any atom is -0.354 e. The first-order chi connectivity index (χ1) is 9.11. The summed E-state index contributed by atoms with van der Waals surface area (Å²) in [6.07, 6.45) is 1.30. The molecule has 19 heavy (non-hydrogen) atoms. The first-order valence-electron chi connectivity index (χ1n) is 5.99. The highest BCUT2D eigenvalue weighted by atomic mass is 16.2. The van der Waals surface area contributed by atoms with Crippen LogP contribution in [0.3, 0.4) is 0 Å². The topological polar surface area (TPSA) is 66.5 Å². The summed E-state index contributed by atoms with van der Waals surface area (Å²) >= 11 is 0. The van der Waals surface area contributed by atoms with E-state index in [4.69, 9.17) is 0 Å². The summed E-state index contributed by atoms with van der Waals surface area (Å²) in [6, 6.07) is 5.54. The number of nitrogens with zero attached hydrogens (tertiary/aromatic N) is 1. The maximum atomic E-state index is 12.2. The summed E-state index contributed by atoms with van der Waals surface area (Å²) in [5, 5.41) is 2.59. The molecule has 1 aromatic rings. The Morgan fingerprint density at radius 3 is 2.26 bits per heavy atom. The summed E-state index contributed by atoms with van der Waals surface area (Å²) < 4.78 is 0. The molecule has 0 radical (unpaired) electrons. The SMILES string of the molecule is C=CC(C(=O)NCC)N1C(=O)c2ccccc2C1=O. The lowest BCUT2D eigenvalue weighted by molar-refractivity contribution is -0.123. The second-order valence-electron chi connectivity index (χ2n) is 4.10. The van der Waals surface area contributed by atoms with E-state index in [0.717, 1.165) is 4.90 Å². The molecular formula is C14H14N2O3. The standard InChI is InChI=1S/C14H14N2O3/c1-3-11(12(17)15-4-2)16-13(18)9-7-5-6-8-10(9)14(16)19/h3,5-8,11H,1,4H2,2H3,(H,15,17). The minimum absolute atomic E-state index is 0.323. The largest absolute Gasteiger partial charge is 0.354 e. The molecule has 0 saturated carbocycles. The molecule has 1 atom stereocenters. The third-order valence-corrected chi connectivity index (χ3v) is 2.95. The number of carbonyl (C=O) groups is 3. The molecule has 1 aromatic carbocycles. The van der Waals surface area contributed by atoms with E-state index >= 15 is 0 Å². The van der Waals surface area contributed by atoms with Crippen LogP contribution >= 0.6 is 0 Å². The van der Waals surface area contributed by atoms with Crippen molar-refractivity contribution in [1.82, 2.24) is 10.2 Å². The van der Waals surface area contributed by atoms with Crippen molar-refractivity contribution in [3.8, 4) is 0 Å².